The van der Waals surface area contributed by atoms with Crippen molar-refractivity contribution in [3.05, 3.63) is 28.2 Å². The molecule has 0 radical (unpaired) electrons. The summed E-state index contributed by atoms with van der Waals surface area (Å²) in [4.78, 5) is 2.39. The summed E-state index contributed by atoms with van der Waals surface area (Å²) in [5.74, 6) is 0.574. The van der Waals surface area contributed by atoms with Gasteiger partial charge in [-0.3, -0.25) is 0 Å². The van der Waals surface area contributed by atoms with Crippen LogP contribution in [-0.2, 0) is 5.88 Å². The molecule has 1 saturated heterocycles. The summed E-state index contributed by atoms with van der Waals surface area (Å²) in [5, 5.41) is 0. The highest BCUT2D eigenvalue weighted by atomic mass is 79.9. The van der Waals surface area contributed by atoms with Crippen LogP contribution in [0.15, 0.2) is 22.7 Å². The Bertz CT molecular complexity index is 368. The van der Waals surface area contributed by atoms with E-state index in [9.17, 15) is 0 Å². The average molecular weight is 289 g/mol. The molecule has 0 aliphatic carbocycles. The first-order valence-electron chi connectivity index (χ1n) is 5.11. The summed E-state index contributed by atoms with van der Waals surface area (Å²) in [6, 6.07) is 6.35. The van der Waals surface area contributed by atoms with Crippen LogP contribution >= 0.6 is 27.5 Å². The van der Waals surface area contributed by atoms with E-state index < -0.39 is 0 Å². The van der Waals surface area contributed by atoms with Gasteiger partial charge < -0.3 is 4.90 Å². The Morgan fingerprint density at radius 3 is 2.53 bits per heavy atom. The average Bonchev–Trinajstić information content (AvgIpc) is 2.14. The molecule has 3 heteroatoms. The van der Waals surface area contributed by atoms with Gasteiger partial charge >= 0.3 is 0 Å². The standard InChI is InChI=1S/C12H15BrClN/c1-12(2)7-15(8-12)11-4-3-9(6-14)5-10(11)13/h3-5H,6-8H2,1-2H3. The molecule has 0 saturated carbocycles. The van der Waals surface area contributed by atoms with Crippen molar-refractivity contribution in [2.75, 3.05) is 18.0 Å². The van der Waals surface area contributed by atoms with Gasteiger partial charge in [0.15, 0.2) is 0 Å². The molecule has 0 spiro atoms. The second kappa shape index (κ2) is 3.99. The third-order valence-corrected chi connectivity index (χ3v) is 3.69. The highest BCUT2D eigenvalue weighted by Crippen LogP contribution is 2.37. The van der Waals surface area contributed by atoms with Crippen LogP contribution in [0.2, 0.25) is 0 Å². The summed E-state index contributed by atoms with van der Waals surface area (Å²) in [5.41, 5.74) is 2.90. The second-order valence-electron chi connectivity index (χ2n) is 4.94. The van der Waals surface area contributed by atoms with E-state index >= 15 is 0 Å². The van der Waals surface area contributed by atoms with Crippen LogP contribution in [0.4, 0.5) is 5.69 Å². The zero-order valence-electron chi connectivity index (χ0n) is 9.06. The van der Waals surface area contributed by atoms with Crippen molar-refractivity contribution in [3.63, 3.8) is 0 Å². The molecule has 2 rings (SSSR count). The fraction of sp³-hybridized carbons (Fsp3) is 0.500. The van der Waals surface area contributed by atoms with E-state index in [1.54, 1.807) is 0 Å². The zero-order valence-corrected chi connectivity index (χ0v) is 11.4. The summed E-state index contributed by atoms with van der Waals surface area (Å²) in [6.45, 7) is 6.85. The van der Waals surface area contributed by atoms with Gasteiger partial charge in [-0.25, -0.2) is 0 Å². The van der Waals surface area contributed by atoms with Crippen LogP contribution in [-0.4, -0.2) is 13.1 Å². The maximum absolute atomic E-state index is 5.79. The van der Waals surface area contributed by atoms with Gasteiger partial charge in [-0.2, -0.15) is 0 Å². The first kappa shape index (κ1) is 11.3. The van der Waals surface area contributed by atoms with Gasteiger partial charge in [-0.15, -0.1) is 11.6 Å². The monoisotopic (exact) mass is 287 g/mol. The molecule has 0 bridgehead atoms. The largest absolute Gasteiger partial charge is 0.369 e. The molecule has 1 nitrogen and oxygen atoms in total. The minimum absolute atomic E-state index is 0.463. The Kier molecular flexibility index (Phi) is 3.00. The molecule has 1 aromatic rings. The lowest BCUT2D eigenvalue weighted by Crippen LogP contribution is -2.53. The molecule has 1 fully saturated rings. The van der Waals surface area contributed by atoms with E-state index in [-0.39, 0.29) is 0 Å². The quantitative estimate of drug-likeness (QED) is 0.743. The number of hydrogen-bond acceptors (Lipinski definition) is 1. The second-order valence-corrected chi connectivity index (χ2v) is 6.06. The number of anilines is 1. The van der Waals surface area contributed by atoms with E-state index in [4.69, 9.17) is 11.6 Å². The normalized spacial score (nSPS) is 18.8. The molecule has 1 aliphatic rings. The Hall–Kier alpha value is -0.210. The van der Waals surface area contributed by atoms with E-state index in [1.807, 2.05) is 0 Å². The summed E-state index contributed by atoms with van der Waals surface area (Å²) in [7, 11) is 0. The van der Waals surface area contributed by atoms with Crippen LogP contribution in [0.5, 0.6) is 0 Å². The Morgan fingerprint density at radius 2 is 2.07 bits per heavy atom. The number of rotatable bonds is 2. The third kappa shape index (κ3) is 2.31. The number of halogens is 2. The number of nitrogens with zero attached hydrogens (tertiary/aromatic N) is 1. The molecule has 1 aromatic carbocycles. The zero-order chi connectivity index (χ0) is 11.1. The molecule has 0 unspecified atom stereocenters. The molecule has 1 heterocycles. The lowest BCUT2D eigenvalue weighted by atomic mass is 9.84. The van der Waals surface area contributed by atoms with E-state index in [0.29, 0.717) is 11.3 Å². The molecule has 82 valence electrons. The van der Waals surface area contributed by atoms with E-state index in [2.05, 4.69) is 52.9 Å². The van der Waals surface area contributed by atoms with Crippen LogP contribution in [0.25, 0.3) is 0 Å². The fourth-order valence-electron chi connectivity index (χ4n) is 2.05. The Labute approximate surface area is 105 Å². The van der Waals surface area contributed by atoms with Gasteiger partial charge in [0.2, 0.25) is 0 Å². The SMILES string of the molecule is CC1(C)CN(c2ccc(CCl)cc2Br)C1. The summed E-state index contributed by atoms with van der Waals surface area (Å²) in [6.07, 6.45) is 0. The van der Waals surface area contributed by atoms with Crippen molar-refractivity contribution in [1.29, 1.82) is 0 Å². The lowest BCUT2D eigenvalue weighted by molar-refractivity contribution is 0.276. The number of hydrogen-bond donors (Lipinski definition) is 0. The minimum atomic E-state index is 0.463. The van der Waals surface area contributed by atoms with Gasteiger partial charge in [0, 0.05) is 23.4 Å². The maximum atomic E-state index is 5.79. The predicted molar refractivity (Wildman–Crippen MR) is 69.7 cm³/mol. The van der Waals surface area contributed by atoms with Crippen molar-refractivity contribution in [3.8, 4) is 0 Å². The van der Waals surface area contributed by atoms with Gasteiger partial charge in [-0.1, -0.05) is 19.9 Å². The van der Waals surface area contributed by atoms with E-state index in [0.717, 1.165) is 23.1 Å². The van der Waals surface area contributed by atoms with Crippen LogP contribution < -0.4 is 4.90 Å². The van der Waals surface area contributed by atoms with Crippen molar-refractivity contribution in [1.82, 2.24) is 0 Å². The Balaban J connectivity index is 2.17. The molecular weight excluding hydrogens is 273 g/mol. The molecule has 0 N–H and O–H groups in total. The van der Waals surface area contributed by atoms with Gasteiger partial charge in [0.1, 0.15) is 0 Å². The first-order chi connectivity index (χ1) is 7.02. The van der Waals surface area contributed by atoms with Crippen molar-refractivity contribution < 1.29 is 0 Å². The molecule has 0 atom stereocenters. The van der Waals surface area contributed by atoms with E-state index in [1.165, 1.54) is 5.69 Å². The molecule has 0 aromatic heterocycles. The highest BCUT2D eigenvalue weighted by molar-refractivity contribution is 9.10. The van der Waals surface area contributed by atoms with Gasteiger partial charge in [0.05, 0.1) is 5.69 Å². The topological polar surface area (TPSA) is 3.24 Å². The molecule has 15 heavy (non-hydrogen) atoms. The fourth-order valence-corrected chi connectivity index (χ4v) is 2.89. The van der Waals surface area contributed by atoms with Gasteiger partial charge in [0.25, 0.3) is 0 Å². The van der Waals surface area contributed by atoms with Crippen molar-refractivity contribution >= 4 is 33.2 Å². The third-order valence-electron chi connectivity index (χ3n) is 2.74. The molecular formula is C12H15BrClN. The van der Waals surface area contributed by atoms with Crippen molar-refractivity contribution in [2.24, 2.45) is 5.41 Å². The van der Waals surface area contributed by atoms with Crippen LogP contribution in [0.3, 0.4) is 0 Å². The summed E-state index contributed by atoms with van der Waals surface area (Å²) >= 11 is 9.39. The predicted octanol–water partition coefficient (Wildman–Crippen LogP) is 4.03. The van der Waals surface area contributed by atoms with Crippen LogP contribution in [0, 0.1) is 5.41 Å². The van der Waals surface area contributed by atoms with Crippen molar-refractivity contribution in [2.45, 2.75) is 19.7 Å². The number of benzene rings is 1. The highest BCUT2D eigenvalue weighted by Gasteiger charge is 2.34. The lowest BCUT2D eigenvalue weighted by Gasteiger charge is -2.47. The maximum Gasteiger partial charge on any atom is 0.0511 e. The smallest absolute Gasteiger partial charge is 0.0511 e. The number of alkyl halides is 1. The van der Waals surface area contributed by atoms with Gasteiger partial charge in [-0.05, 0) is 39.0 Å². The molecule has 0 amide bonds. The molecule has 1 aliphatic heterocycles. The Morgan fingerprint density at radius 1 is 1.40 bits per heavy atom. The minimum Gasteiger partial charge on any atom is -0.369 e. The van der Waals surface area contributed by atoms with Crippen LogP contribution in [0.1, 0.15) is 19.4 Å². The summed E-state index contributed by atoms with van der Waals surface area (Å²) < 4.78 is 1.15. The first-order valence-corrected chi connectivity index (χ1v) is 6.44.